The molecule has 4 rings (SSSR count). The van der Waals surface area contributed by atoms with Crippen LogP contribution in [0.1, 0.15) is 37.6 Å². The van der Waals surface area contributed by atoms with E-state index in [1.165, 1.54) is 12.5 Å². The van der Waals surface area contributed by atoms with E-state index in [2.05, 4.69) is 31.5 Å². The molecule has 28 heavy (non-hydrogen) atoms. The van der Waals surface area contributed by atoms with E-state index in [9.17, 15) is 4.79 Å². The monoisotopic (exact) mass is 377 g/mol. The summed E-state index contributed by atoms with van der Waals surface area (Å²) in [5.41, 5.74) is 4.75. The average Bonchev–Trinajstić information content (AvgIpc) is 3.27. The predicted octanol–water partition coefficient (Wildman–Crippen LogP) is 3.26. The van der Waals surface area contributed by atoms with Gasteiger partial charge < -0.3 is 9.26 Å². The van der Waals surface area contributed by atoms with E-state index in [0.29, 0.717) is 11.7 Å². The van der Waals surface area contributed by atoms with Crippen LogP contribution >= 0.6 is 0 Å². The molecular formula is C20H19N5O3. The van der Waals surface area contributed by atoms with Gasteiger partial charge in [0.2, 0.25) is 17.6 Å². The number of ether oxygens (including phenoxy) is 1. The number of nitrogens with zero attached hydrogens (tertiary/aromatic N) is 4. The van der Waals surface area contributed by atoms with Crippen molar-refractivity contribution in [3.8, 4) is 17.3 Å². The largest absolute Gasteiger partial charge is 0.474 e. The minimum atomic E-state index is -0.267. The lowest BCUT2D eigenvalue weighted by Gasteiger charge is -2.11. The molecule has 3 aromatic rings. The lowest BCUT2D eigenvalue weighted by atomic mass is 10.0. The SMILES string of the molecule is CC(=O)Nc1nc(-c2ccc3c(c2)C(c2cncc(OC(C)C)n2)=CC3)no1. The number of allylic oxidation sites excluding steroid dienone is 1. The molecule has 0 bridgehead atoms. The molecule has 0 fully saturated rings. The van der Waals surface area contributed by atoms with E-state index in [1.54, 1.807) is 12.4 Å². The zero-order valence-electron chi connectivity index (χ0n) is 15.8. The van der Waals surface area contributed by atoms with Gasteiger partial charge in [0.1, 0.15) is 0 Å². The molecule has 0 radical (unpaired) electrons. The molecule has 1 N–H and O–H groups in total. The van der Waals surface area contributed by atoms with Crippen LogP contribution in [0.2, 0.25) is 0 Å². The number of anilines is 1. The van der Waals surface area contributed by atoms with E-state index in [1.807, 2.05) is 32.0 Å². The fourth-order valence-electron chi connectivity index (χ4n) is 3.03. The number of hydrogen-bond acceptors (Lipinski definition) is 7. The molecular weight excluding hydrogens is 358 g/mol. The highest BCUT2D eigenvalue weighted by molar-refractivity contribution is 5.87. The number of rotatable bonds is 5. The van der Waals surface area contributed by atoms with Crippen molar-refractivity contribution in [2.75, 3.05) is 5.32 Å². The number of hydrogen-bond donors (Lipinski definition) is 1. The van der Waals surface area contributed by atoms with Gasteiger partial charge in [0.25, 0.3) is 0 Å². The summed E-state index contributed by atoms with van der Waals surface area (Å²) in [5, 5.41) is 6.42. The van der Waals surface area contributed by atoms with Crippen LogP contribution in [-0.2, 0) is 11.2 Å². The summed E-state index contributed by atoms with van der Waals surface area (Å²) in [5.74, 6) is 0.633. The van der Waals surface area contributed by atoms with Crippen molar-refractivity contribution in [2.24, 2.45) is 0 Å². The lowest BCUT2D eigenvalue weighted by Crippen LogP contribution is -2.08. The third kappa shape index (κ3) is 3.62. The molecule has 0 saturated carbocycles. The van der Waals surface area contributed by atoms with Crippen LogP contribution in [0.25, 0.3) is 17.0 Å². The molecule has 1 aliphatic rings. The molecule has 0 aliphatic heterocycles. The van der Waals surface area contributed by atoms with Crippen LogP contribution in [0.3, 0.4) is 0 Å². The number of nitrogens with one attached hydrogen (secondary N) is 1. The average molecular weight is 377 g/mol. The number of aromatic nitrogens is 4. The Bertz CT molecular complexity index is 1070. The standard InChI is InChI=1S/C20H19N5O3/c1-11(2)27-18-10-21-9-17(23-18)15-7-6-13-4-5-14(8-16(13)15)19-24-20(28-25-19)22-12(3)26/h4-5,7-11H,6H2,1-3H3,(H,22,24,25,26). The summed E-state index contributed by atoms with van der Waals surface area (Å²) in [7, 11) is 0. The normalized spacial score (nSPS) is 12.6. The first-order valence-corrected chi connectivity index (χ1v) is 8.94. The van der Waals surface area contributed by atoms with E-state index >= 15 is 0 Å². The van der Waals surface area contributed by atoms with E-state index < -0.39 is 0 Å². The lowest BCUT2D eigenvalue weighted by molar-refractivity contribution is -0.114. The Morgan fingerprint density at radius 2 is 2.11 bits per heavy atom. The van der Waals surface area contributed by atoms with Crippen molar-refractivity contribution in [3.05, 3.63) is 53.5 Å². The molecule has 8 nitrogen and oxygen atoms in total. The summed E-state index contributed by atoms with van der Waals surface area (Å²) in [4.78, 5) is 24.2. The molecule has 1 aromatic carbocycles. The molecule has 142 valence electrons. The number of benzene rings is 1. The van der Waals surface area contributed by atoms with Crippen LogP contribution < -0.4 is 10.1 Å². The molecule has 1 amide bonds. The molecule has 0 saturated heterocycles. The van der Waals surface area contributed by atoms with Gasteiger partial charge in [-0.25, -0.2) is 4.98 Å². The summed E-state index contributed by atoms with van der Waals surface area (Å²) in [6, 6.07) is 6.03. The van der Waals surface area contributed by atoms with Crippen LogP contribution in [0.5, 0.6) is 5.88 Å². The molecule has 2 aromatic heterocycles. The van der Waals surface area contributed by atoms with Crippen molar-refractivity contribution in [2.45, 2.75) is 33.3 Å². The van der Waals surface area contributed by atoms with Gasteiger partial charge in [0.15, 0.2) is 0 Å². The van der Waals surface area contributed by atoms with Crippen molar-refractivity contribution >= 4 is 17.5 Å². The molecule has 8 heteroatoms. The Labute approximate surface area is 161 Å². The minimum Gasteiger partial charge on any atom is -0.474 e. The maximum atomic E-state index is 11.1. The van der Waals surface area contributed by atoms with Gasteiger partial charge in [-0.1, -0.05) is 23.4 Å². The quantitative estimate of drug-likeness (QED) is 0.728. The van der Waals surface area contributed by atoms with E-state index in [4.69, 9.17) is 9.26 Å². The topological polar surface area (TPSA) is 103 Å². The smallest absolute Gasteiger partial charge is 0.328 e. The number of carbonyl (C=O) groups is 1. The fraction of sp³-hybridized carbons (Fsp3) is 0.250. The fourth-order valence-corrected chi connectivity index (χ4v) is 3.03. The van der Waals surface area contributed by atoms with Crippen LogP contribution in [0.4, 0.5) is 6.01 Å². The highest BCUT2D eigenvalue weighted by Gasteiger charge is 2.20. The van der Waals surface area contributed by atoms with Gasteiger partial charge in [-0.05, 0) is 37.5 Å². The zero-order valence-corrected chi connectivity index (χ0v) is 15.8. The van der Waals surface area contributed by atoms with Crippen LogP contribution in [0.15, 0.2) is 41.2 Å². The van der Waals surface area contributed by atoms with Crippen molar-refractivity contribution in [1.29, 1.82) is 0 Å². The first-order chi connectivity index (χ1) is 13.5. The number of fused-ring (bicyclic) bond motifs is 1. The molecule has 0 atom stereocenters. The Morgan fingerprint density at radius 3 is 2.89 bits per heavy atom. The Balaban J connectivity index is 1.65. The van der Waals surface area contributed by atoms with Crippen molar-refractivity contribution < 1.29 is 14.1 Å². The second-order valence-electron chi connectivity index (χ2n) is 6.71. The third-order valence-electron chi connectivity index (χ3n) is 4.14. The van der Waals surface area contributed by atoms with Gasteiger partial charge in [-0.15, -0.1) is 0 Å². The number of amides is 1. The van der Waals surface area contributed by atoms with Crippen LogP contribution in [-0.4, -0.2) is 32.1 Å². The highest BCUT2D eigenvalue weighted by atomic mass is 16.5. The van der Waals surface area contributed by atoms with Crippen molar-refractivity contribution in [1.82, 2.24) is 20.1 Å². The maximum Gasteiger partial charge on any atom is 0.328 e. The maximum absolute atomic E-state index is 11.1. The van der Waals surface area contributed by atoms with Crippen LogP contribution in [0, 0.1) is 0 Å². The second kappa shape index (κ2) is 7.22. The van der Waals surface area contributed by atoms with Gasteiger partial charge in [-0.2, -0.15) is 4.98 Å². The Kier molecular flexibility index (Phi) is 4.60. The first-order valence-electron chi connectivity index (χ1n) is 8.94. The predicted molar refractivity (Wildman–Crippen MR) is 103 cm³/mol. The summed E-state index contributed by atoms with van der Waals surface area (Å²) in [6.07, 6.45) is 6.29. The molecule has 0 spiro atoms. The van der Waals surface area contributed by atoms with Gasteiger partial charge in [0, 0.05) is 18.1 Å². The highest BCUT2D eigenvalue weighted by Crippen LogP contribution is 2.34. The molecule has 2 heterocycles. The first kappa shape index (κ1) is 17.8. The Morgan fingerprint density at radius 1 is 1.25 bits per heavy atom. The molecule has 0 unspecified atom stereocenters. The summed E-state index contributed by atoms with van der Waals surface area (Å²) >= 11 is 0. The summed E-state index contributed by atoms with van der Waals surface area (Å²) < 4.78 is 10.7. The minimum absolute atomic E-state index is 0.0250. The summed E-state index contributed by atoms with van der Waals surface area (Å²) in [6.45, 7) is 5.28. The zero-order chi connectivity index (χ0) is 19.7. The Hall–Kier alpha value is -3.55. The van der Waals surface area contributed by atoms with Gasteiger partial charge in [-0.3, -0.25) is 15.1 Å². The molecule has 1 aliphatic carbocycles. The second-order valence-corrected chi connectivity index (χ2v) is 6.71. The third-order valence-corrected chi connectivity index (χ3v) is 4.14. The number of carbonyl (C=O) groups excluding carboxylic acids is 1. The van der Waals surface area contributed by atoms with E-state index in [0.717, 1.165) is 28.8 Å². The van der Waals surface area contributed by atoms with Gasteiger partial charge in [0.05, 0.1) is 24.2 Å². The van der Waals surface area contributed by atoms with Gasteiger partial charge >= 0.3 is 6.01 Å². The van der Waals surface area contributed by atoms with E-state index in [-0.39, 0.29) is 18.0 Å². The van der Waals surface area contributed by atoms with Crippen molar-refractivity contribution in [3.63, 3.8) is 0 Å².